The van der Waals surface area contributed by atoms with Gasteiger partial charge in [-0.05, 0) is 57.4 Å². The number of aryl methyl sites for hydroxylation is 1. The van der Waals surface area contributed by atoms with Gasteiger partial charge in [0, 0.05) is 37.3 Å². The summed E-state index contributed by atoms with van der Waals surface area (Å²) in [5, 5.41) is 2.93. The SMILES string of the molecule is CCOC(=O)c1ccc(NC(=O)N2CCc3nc(C)nc(N4CCCCC4)c3C2)cc1. The summed E-state index contributed by atoms with van der Waals surface area (Å²) >= 11 is 0. The monoisotopic (exact) mass is 423 g/mol. The summed E-state index contributed by atoms with van der Waals surface area (Å²) in [6.07, 6.45) is 4.31. The van der Waals surface area contributed by atoms with Crippen molar-refractivity contribution in [2.75, 3.05) is 36.5 Å². The first-order chi connectivity index (χ1) is 15.0. The van der Waals surface area contributed by atoms with E-state index in [1.54, 1.807) is 36.1 Å². The Morgan fingerprint density at radius 2 is 1.81 bits per heavy atom. The maximum atomic E-state index is 12.9. The standard InChI is InChI=1S/C23H29N5O3/c1-3-31-22(29)17-7-9-18(10-8-17)26-23(30)28-14-11-20-19(15-28)21(25-16(2)24-20)27-12-5-4-6-13-27/h7-10H,3-6,11-15H2,1-2H3,(H,26,30). The van der Waals surface area contributed by atoms with Crippen LogP contribution in [0.1, 0.15) is 53.6 Å². The van der Waals surface area contributed by atoms with Crippen LogP contribution in [0.25, 0.3) is 0 Å². The number of carbonyl (C=O) groups excluding carboxylic acids is 2. The molecule has 1 saturated heterocycles. The van der Waals surface area contributed by atoms with Gasteiger partial charge in [-0.3, -0.25) is 0 Å². The molecule has 2 aliphatic rings. The van der Waals surface area contributed by atoms with Crippen LogP contribution < -0.4 is 10.2 Å². The Bertz CT molecular complexity index is 954. The molecule has 0 unspecified atom stereocenters. The molecule has 0 radical (unpaired) electrons. The first kappa shape index (κ1) is 21.1. The van der Waals surface area contributed by atoms with E-state index in [1.165, 1.54) is 19.3 Å². The molecule has 3 heterocycles. The highest BCUT2D eigenvalue weighted by atomic mass is 16.5. The van der Waals surface area contributed by atoms with Crippen LogP contribution in [0.15, 0.2) is 24.3 Å². The fourth-order valence-electron chi connectivity index (χ4n) is 4.16. The average Bonchev–Trinajstić information content (AvgIpc) is 2.79. The van der Waals surface area contributed by atoms with Crippen LogP contribution in [0.4, 0.5) is 16.3 Å². The van der Waals surface area contributed by atoms with Gasteiger partial charge in [-0.15, -0.1) is 0 Å². The lowest BCUT2D eigenvalue weighted by Gasteiger charge is -2.34. The molecular formula is C23H29N5O3. The second-order valence-electron chi connectivity index (χ2n) is 7.97. The zero-order valence-corrected chi connectivity index (χ0v) is 18.2. The van der Waals surface area contributed by atoms with E-state index in [2.05, 4.69) is 15.2 Å². The molecule has 0 aliphatic carbocycles. The fourth-order valence-corrected chi connectivity index (χ4v) is 4.16. The summed E-state index contributed by atoms with van der Waals surface area (Å²) in [6.45, 7) is 7.14. The molecule has 1 N–H and O–H groups in total. The van der Waals surface area contributed by atoms with Gasteiger partial charge in [0.2, 0.25) is 0 Å². The molecule has 0 atom stereocenters. The van der Waals surface area contributed by atoms with Crippen molar-refractivity contribution in [1.82, 2.24) is 14.9 Å². The molecule has 0 spiro atoms. The lowest BCUT2D eigenvalue weighted by Crippen LogP contribution is -2.41. The summed E-state index contributed by atoms with van der Waals surface area (Å²) in [4.78, 5) is 38.2. The van der Waals surface area contributed by atoms with Gasteiger partial charge in [-0.25, -0.2) is 19.6 Å². The number of nitrogens with zero attached hydrogens (tertiary/aromatic N) is 4. The topological polar surface area (TPSA) is 87.7 Å². The number of aromatic nitrogens is 2. The van der Waals surface area contributed by atoms with Crippen molar-refractivity contribution in [1.29, 1.82) is 0 Å². The van der Waals surface area contributed by atoms with E-state index in [4.69, 9.17) is 9.72 Å². The third kappa shape index (κ3) is 4.78. The zero-order chi connectivity index (χ0) is 21.8. The van der Waals surface area contributed by atoms with Crippen LogP contribution in [0.2, 0.25) is 0 Å². The molecule has 164 valence electrons. The van der Waals surface area contributed by atoms with E-state index >= 15 is 0 Å². The van der Waals surface area contributed by atoms with Gasteiger partial charge < -0.3 is 19.9 Å². The Kier molecular flexibility index (Phi) is 6.34. The first-order valence-corrected chi connectivity index (χ1v) is 11.0. The van der Waals surface area contributed by atoms with Gasteiger partial charge in [0.15, 0.2) is 0 Å². The molecule has 31 heavy (non-hydrogen) atoms. The Morgan fingerprint density at radius 3 is 2.52 bits per heavy atom. The van der Waals surface area contributed by atoms with Crippen LogP contribution in [-0.2, 0) is 17.7 Å². The summed E-state index contributed by atoms with van der Waals surface area (Å²) in [6, 6.07) is 6.58. The van der Waals surface area contributed by atoms with E-state index in [0.717, 1.165) is 42.4 Å². The number of hydrogen-bond acceptors (Lipinski definition) is 6. The van der Waals surface area contributed by atoms with E-state index in [9.17, 15) is 9.59 Å². The predicted octanol–water partition coefficient (Wildman–Crippen LogP) is 3.54. The number of anilines is 2. The third-order valence-electron chi connectivity index (χ3n) is 5.74. The number of hydrogen-bond donors (Lipinski definition) is 1. The van der Waals surface area contributed by atoms with Crippen LogP contribution in [0.3, 0.4) is 0 Å². The largest absolute Gasteiger partial charge is 0.462 e. The Labute approximate surface area is 182 Å². The number of amides is 2. The summed E-state index contributed by atoms with van der Waals surface area (Å²) in [7, 11) is 0. The zero-order valence-electron chi connectivity index (χ0n) is 18.2. The van der Waals surface area contributed by atoms with E-state index in [0.29, 0.717) is 30.9 Å². The molecule has 2 aromatic rings. The summed E-state index contributed by atoms with van der Waals surface area (Å²) < 4.78 is 5.00. The summed E-state index contributed by atoms with van der Waals surface area (Å²) in [5.74, 6) is 1.41. The first-order valence-electron chi connectivity index (χ1n) is 11.0. The van der Waals surface area contributed by atoms with Crippen LogP contribution in [0.5, 0.6) is 0 Å². The molecule has 8 heteroatoms. The van der Waals surface area contributed by atoms with Crippen molar-refractivity contribution >= 4 is 23.5 Å². The lowest BCUT2D eigenvalue weighted by molar-refractivity contribution is 0.0526. The van der Waals surface area contributed by atoms with Crippen molar-refractivity contribution in [3.63, 3.8) is 0 Å². The van der Waals surface area contributed by atoms with E-state index < -0.39 is 0 Å². The highest BCUT2D eigenvalue weighted by molar-refractivity contribution is 5.92. The van der Waals surface area contributed by atoms with Crippen LogP contribution in [-0.4, -0.2) is 53.1 Å². The molecule has 2 aliphatic heterocycles. The highest BCUT2D eigenvalue weighted by Gasteiger charge is 2.27. The minimum absolute atomic E-state index is 0.167. The number of benzene rings is 1. The number of fused-ring (bicyclic) bond motifs is 1. The van der Waals surface area contributed by atoms with Gasteiger partial charge in [0.25, 0.3) is 0 Å². The predicted molar refractivity (Wildman–Crippen MR) is 118 cm³/mol. The molecular weight excluding hydrogens is 394 g/mol. The van der Waals surface area contributed by atoms with Crippen molar-refractivity contribution in [3.05, 3.63) is 46.9 Å². The van der Waals surface area contributed by atoms with E-state index in [1.807, 2.05) is 6.92 Å². The molecule has 1 fully saturated rings. The maximum absolute atomic E-state index is 12.9. The quantitative estimate of drug-likeness (QED) is 0.757. The Hall–Kier alpha value is -3.16. The third-order valence-corrected chi connectivity index (χ3v) is 5.74. The van der Waals surface area contributed by atoms with Crippen molar-refractivity contribution in [3.8, 4) is 0 Å². The number of urea groups is 1. The normalized spacial score (nSPS) is 15.9. The highest BCUT2D eigenvalue weighted by Crippen LogP contribution is 2.29. The average molecular weight is 424 g/mol. The van der Waals surface area contributed by atoms with Gasteiger partial charge in [-0.2, -0.15) is 0 Å². The smallest absolute Gasteiger partial charge is 0.338 e. The Morgan fingerprint density at radius 1 is 1.06 bits per heavy atom. The molecule has 1 aromatic heterocycles. The number of piperidine rings is 1. The second kappa shape index (κ2) is 9.32. The van der Waals surface area contributed by atoms with Crippen molar-refractivity contribution in [2.45, 2.75) is 46.1 Å². The summed E-state index contributed by atoms with van der Waals surface area (Å²) in [5.41, 5.74) is 3.22. The maximum Gasteiger partial charge on any atom is 0.338 e. The van der Waals surface area contributed by atoms with Gasteiger partial charge in [0.1, 0.15) is 11.6 Å². The second-order valence-corrected chi connectivity index (χ2v) is 7.97. The number of esters is 1. The molecule has 8 nitrogen and oxygen atoms in total. The van der Waals surface area contributed by atoms with Gasteiger partial charge >= 0.3 is 12.0 Å². The van der Waals surface area contributed by atoms with Gasteiger partial charge in [0.05, 0.1) is 24.4 Å². The Balaban J connectivity index is 1.47. The van der Waals surface area contributed by atoms with E-state index in [-0.39, 0.29) is 12.0 Å². The molecule has 4 rings (SSSR count). The van der Waals surface area contributed by atoms with Gasteiger partial charge in [-0.1, -0.05) is 0 Å². The fraction of sp³-hybridized carbons (Fsp3) is 0.478. The molecule has 0 saturated carbocycles. The number of rotatable bonds is 4. The van der Waals surface area contributed by atoms with Crippen LogP contribution in [0, 0.1) is 6.92 Å². The number of carbonyl (C=O) groups is 2. The minimum atomic E-state index is -0.367. The number of nitrogens with one attached hydrogen (secondary N) is 1. The molecule has 0 bridgehead atoms. The molecule has 1 aromatic carbocycles. The minimum Gasteiger partial charge on any atom is -0.462 e. The lowest BCUT2D eigenvalue weighted by atomic mass is 10.0. The van der Waals surface area contributed by atoms with Crippen molar-refractivity contribution < 1.29 is 14.3 Å². The van der Waals surface area contributed by atoms with Crippen LogP contribution >= 0.6 is 0 Å². The molecule has 2 amide bonds. The van der Waals surface area contributed by atoms with Crippen molar-refractivity contribution in [2.24, 2.45) is 0 Å². The number of ether oxygens (including phenoxy) is 1.